The Bertz CT molecular complexity index is 608. The molecule has 1 aliphatic heterocycles. The van der Waals surface area contributed by atoms with E-state index in [0.717, 1.165) is 42.9 Å². The monoisotopic (exact) mass is 302 g/mol. The molecule has 0 saturated heterocycles. The van der Waals surface area contributed by atoms with Crippen LogP contribution in [0.5, 0.6) is 0 Å². The van der Waals surface area contributed by atoms with Crippen molar-refractivity contribution in [3.05, 3.63) is 45.9 Å². The molecule has 2 aromatic rings. The standard InChI is InChI=1S/C17H22N2OS/c1-12(2)17-18-13(11-21-17)10-19-9-5-8-16(20)14-6-3-4-7-15(14)19/h3-4,6-7,11-12,16,20H,5,8-10H2,1-2H3. The Morgan fingerprint density at radius 2 is 2.19 bits per heavy atom. The summed E-state index contributed by atoms with van der Waals surface area (Å²) in [4.78, 5) is 7.09. The van der Waals surface area contributed by atoms with Gasteiger partial charge in [0.15, 0.2) is 0 Å². The molecule has 0 aliphatic carbocycles. The predicted octanol–water partition coefficient (Wildman–Crippen LogP) is 4.10. The number of nitrogens with zero attached hydrogens (tertiary/aromatic N) is 2. The fourth-order valence-electron chi connectivity index (χ4n) is 2.83. The van der Waals surface area contributed by atoms with Gasteiger partial charge in [-0.15, -0.1) is 11.3 Å². The number of rotatable bonds is 3. The summed E-state index contributed by atoms with van der Waals surface area (Å²) in [6, 6.07) is 8.20. The number of aliphatic hydroxyl groups excluding tert-OH is 1. The van der Waals surface area contributed by atoms with Crippen LogP contribution in [0, 0.1) is 0 Å². The van der Waals surface area contributed by atoms with Crippen LogP contribution in [0.3, 0.4) is 0 Å². The van der Waals surface area contributed by atoms with Gasteiger partial charge in [0.2, 0.25) is 0 Å². The Kier molecular flexibility index (Phi) is 4.27. The van der Waals surface area contributed by atoms with Crippen molar-refractivity contribution in [3.63, 3.8) is 0 Å². The molecule has 2 heterocycles. The molecule has 1 aromatic heterocycles. The second-order valence-corrected chi connectivity index (χ2v) is 6.86. The normalized spacial score (nSPS) is 18.7. The molecular weight excluding hydrogens is 280 g/mol. The van der Waals surface area contributed by atoms with E-state index in [4.69, 9.17) is 4.98 Å². The van der Waals surface area contributed by atoms with Gasteiger partial charge in [-0.1, -0.05) is 32.0 Å². The van der Waals surface area contributed by atoms with Gasteiger partial charge in [0.1, 0.15) is 0 Å². The maximum Gasteiger partial charge on any atom is 0.0954 e. The number of anilines is 1. The van der Waals surface area contributed by atoms with Crippen LogP contribution in [0.25, 0.3) is 0 Å². The fraction of sp³-hybridized carbons (Fsp3) is 0.471. The first-order chi connectivity index (χ1) is 10.1. The number of aromatic nitrogens is 1. The Balaban J connectivity index is 1.85. The van der Waals surface area contributed by atoms with E-state index in [1.807, 2.05) is 18.2 Å². The van der Waals surface area contributed by atoms with Crippen molar-refractivity contribution in [3.8, 4) is 0 Å². The van der Waals surface area contributed by atoms with Crippen molar-refractivity contribution in [1.29, 1.82) is 0 Å². The number of aliphatic hydroxyl groups is 1. The summed E-state index contributed by atoms with van der Waals surface area (Å²) < 4.78 is 0. The topological polar surface area (TPSA) is 36.4 Å². The molecule has 1 N–H and O–H groups in total. The number of hydrogen-bond donors (Lipinski definition) is 1. The van der Waals surface area contributed by atoms with E-state index >= 15 is 0 Å². The van der Waals surface area contributed by atoms with Crippen molar-refractivity contribution in [2.45, 2.75) is 45.3 Å². The number of fused-ring (bicyclic) bond motifs is 1. The Hall–Kier alpha value is -1.39. The van der Waals surface area contributed by atoms with Crippen LogP contribution in [0.4, 0.5) is 5.69 Å². The molecular formula is C17H22N2OS. The molecule has 3 rings (SSSR count). The zero-order valence-corrected chi connectivity index (χ0v) is 13.4. The van der Waals surface area contributed by atoms with Crippen LogP contribution >= 0.6 is 11.3 Å². The van der Waals surface area contributed by atoms with E-state index in [0.29, 0.717) is 5.92 Å². The first-order valence-corrected chi connectivity index (χ1v) is 8.49. The first kappa shape index (κ1) is 14.5. The van der Waals surface area contributed by atoms with E-state index in [9.17, 15) is 5.11 Å². The third-order valence-electron chi connectivity index (χ3n) is 3.96. The molecule has 1 aromatic carbocycles. The van der Waals surface area contributed by atoms with E-state index in [1.165, 1.54) is 5.01 Å². The highest BCUT2D eigenvalue weighted by molar-refractivity contribution is 7.09. The smallest absolute Gasteiger partial charge is 0.0954 e. The average molecular weight is 302 g/mol. The molecule has 0 fully saturated rings. The van der Waals surface area contributed by atoms with Crippen LogP contribution < -0.4 is 4.90 Å². The van der Waals surface area contributed by atoms with Crippen molar-refractivity contribution in [2.24, 2.45) is 0 Å². The maximum absolute atomic E-state index is 10.3. The zero-order chi connectivity index (χ0) is 14.8. The van der Waals surface area contributed by atoms with Crippen LogP contribution in [0.15, 0.2) is 29.6 Å². The van der Waals surface area contributed by atoms with Crippen molar-refractivity contribution in [2.75, 3.05) is 11.4 Å². The van der Waals surface area contributed by atoms with Crippen molar-refractivity contribution in [1.82, 2.24) is 4.98 Å². The van der Waals surface area contributed by atoms with Gasteiger partial charge in [0.25, 0.3) is 0 Å². The summed E-state index contributed by atoms with van der Waals surface area (Å²) in [5.74, 6) is 0.488. The molecule has 4 heteroatoms. The molecule has 0 amide bonds. The molecule has 1 aliphatic rings. The van der Waals surface area contributed by atoms with Gasteiger partial charge in [-0.2, -0.15) is 0 Å². The summed E-state index contributed by atoms with van der Waals surface area (Å²) in [5, 5.41) is 13.6. The Labute approximate surface area is 130 Å². The van der Waals surface area contributed by atoms with Crippen LogP contribution in [-0.2, 0) is 6.54 Å². The van der Waals surface area contributed by atoms with Gasteiger partial charge in [0, 0.05) is 29.1 Å². The fourth-order valence-corrected chi connectivity index (χ4v) is 3.66. The molecule has 3 nitrogen and oxygen atoms in total. The molecule has 0 spiro atoms. The first-order valence-electron chi connectivity index (χ1n) is 7.61. The largest absolute Gasteiger partial charge is 0.388 e. The third kappa shape index (κ3) is 3.11. The van der Waals surface area contributed by atoms with E-state index < -0.39 is 0 Å². The highest BCUT2D eigenvalue weighted by Crippen LogP contribution is 2.33. The number of benzene rings is 1. The van der Waals surface area contributed by atoms with Gasteiger partial charge in [-0.05, 0) is 18.9 Å². The van der Waals surface area contributed by atoms with E-state index in [-0.39, 0.29) is 6.10 Å². The summed E-state index contributed by atoms with van der Waals surface area (Å²) in [7, 11) is 0. The van der Waals surface area contributed by atoms with Gasteiger partial charge in [-0.3, -0.25) is 0 Å². The lowest BCUT2D eigenvalue weighted by atomic mass is 10.0. The van der Waals surface area contributed by atoms with Crippen LogP contribution in [0.2, 0.25) is 0 Å². The minimum atomic E-state index is -0.340. The predicted molar refractivity (Wildman–Crippen MR) is 87.9 cm³/mol. The lowest BCUT2D eigenvalue weighted by Gasteiger charge is -2.24. The quantitative estimate of drug-likeness (QED) is 0.927. The summed E-state index contributed by atoms with van der Waals surface area (Å²) in [5.41, 5.74) is 3.34. The summed E-state index contributed by atoms with van der Waals surface area (Å²) in [6.07, 6.45) is 1.51. The summed E-state index contributed by atoms with van der Waals surface area (Å²) >= 11 is 1.75. The zero-order valence-electron chi connectivity index (χ0n) is 12.6. The number of hydrogen-bond acceptors (Lipinski definition) is 4. The van der Waals surface area contributed by atoms with E-state index in [1.54, 1.807) is 11.3 Å². The van der Waals surface area contributed by atoms with Crippen molar-refractivity contribution < 1.29 is 5.11 Å². The lowest BCUT2D eigenvalue weighted by molar-refractivity contribution is 0.168. The van der Waals surface area contributed by atoms with Gasteiger partial charge < -0.3 is 10.0 Å². The molecule has 1 unspecified atom stereocenters. The maximum atomic E-state index is 10.3. The SMILES string of the molecule is CC(C)c1nc(CN2CCCC(O)c3ccccc32)cs1. The molecule has 21 heavy (non-hydrogen) atoms. The summed E-state index contributed by atoms with van der Waals surface area (Å²) in [6.45, 7) is 6.16. The number of para-hydroxylation sites is 1. The lowest BCUT2D eigenvalue weighted by Crippen LogP contribution is -2.23. The molecule has 0 bridgehead atoms. The van der Waals surface area contributed by atoms with Gasteiger partial charge >= 0.3 is 0 Å². The molecule has 0 saturated carbocycles. The van der Waals surface area contributed by atoms with Gasteiger partial charge in [0.05, 0.1) is 23.4 Å². The van der Waals surface area contributed by atoms with Crippen molar-refractivity contribution >= 4 is 17.0 Å². The van der Waals surface area contributed by atoms with E-state index in [2.05, 4.69) is 30.2 Å². The number of thiazole rings is 1. The van der Waals surface area contributed by atoms with Crippen LogP contribution in [0.1, 0.15) is 55.0 Å². The second kappa shape index (κ2) is 6.16. The Morgan fingerprint density at radius 1 is 1.38 bits per heavy atom. The molecule has 0 radical (unpaired) electrons. The minimum absolute atomic E-state index is 0.340. The van der Waals surface area contributed by atoms with Crippen LogP contribution in [-0.4, -0.2) is 16.6 Å². The molecule has 1 atom stereocenters. The molecule has 112 valence electrons. The second-order valence-electron chi connectivity index (χ2n) is 5.97. The highest BCUT2D eigenvalue weighted by Gasteiger charge is 2.21. The highest BCUT2D eigenvalue weighted by atomic mass is 32.1. The minimum Gasteiger partial charge on any atom is -0.388 e. The third-order valence-corrected chi connectivity index (χ3v) is 5.15. The Morgan fingerprint density at radius 3 is 2.95 bits per heavy atom. The average Bonchev–Trinajstić information content (AvgIpc) is 2.89. The van der Waals surface area contributed by atoms with Gasteiger partial charge in [-0.25, -0.2) is 4.98 Å².